The van der Waals surface area contributed by atoms with Crippen molar-refractivity contribution >= 4 is 22.0 Å². The average molecular weight is 312 g/mol. The predicted octanol–water partition coefficient (Wildman–Crippen LogP) is 4.26. The summed E-state index contributed by atoms with van der Waals surface area (Å²) in [6, 6.07) is 3.59. The molecule has 0 N–H and O–H groups in total. The molecule has 4 heteroatoms. The molecule has 0 amide bonds. The molecule has 1 saturated carbocycles. The van der Waals surface area contributed by atoms with Crippen molar-refractivity contribution in [2.75, 3.05) is 0 Å². The van der Waals surface area contributed by atoms with Crippen molar-refractivity contribution in [3.05, 3.63) is 33.5 Å². The van der Waals surface area contributed by atoms with Gasteiger partial charge >= 0.3 is 0 Å². The van der Waals surface area contributed by atoms with E-state index in [0.717, 1.165) is 31.2 Å². The second kappa shape index (κ2) is 5.33. The van der Waals surface area contributed by atoms with Crippen LogP contribution in [0.1, 0.15) is 43.7 Å². The molecule has 0 atom stereocenters. The van der Waals surface area contributed by atoms with Crippen LogP contribution in [0.25, 0.3) is 0 Å². The summed E-state index contributed by atoms with van der Waals surface area (Å²) in [5.74, 6) is -0.218. The number of hydrogen-bond acceptors (Lipinski definition) is 2. The summed E-state index contributed by atoms with van der Waals surface area (Å²) in [6.07, 6.45) is 6.07. The van der Waals surface area contributed by atoms with Crippen molar-refractivity contribution in [3.63, 3.8) is 0 Å². The van der Waals surface area contributed by atoms with Crippen LogP contribution >= 0.6 is 15.9 Å². The summed E-state index contributed by atoms with van der Waals surface area (Å²) in [4.78, 5) is 14.7. The van der Waals surface area contributed by atoms with Gasteiger partial charge in [-0.1, -0.05) is 25.8 Å². The number of aliphatic imine (C=N–C) groups is 1. The van der Waals surface area contributed by atoms with E-state index in [1.54, 1.807) is 12.1 Å². The van der Waals surface area contributed by atoms with Gasteiger partial charge in [0.25, 0.3) is 0 Å². The maximum atomic E-state index is 13.8. The van der Waals surface area contributed by atoms with Crippen LogP contribution in [0.3, 0.4) is 0 Å². The smallest absolute Gasteiger partial charge is 0.211 e. The molecule has 0 aliphatic heterocycles. The Morgan fingerprint density at radius 3 is 2.67 bits per heavy atom. The lowest BCUT2D eigenvalue weighted by molar-refractivity contribution is 0.453. The number of carbonyl (C=O) groups excluding carboxylic acids is 1. The van der Waals surface area contributed by atoms with Crippen molar-refractivity contribution in [1.82, 2.24) is 0 Å². The van der Waals surface area contributed by atoms with Crippen LogP contribution in [0.4, 0.5) is 4.39 Å². The van der Waals surface area contributed by atoms with E-state index in [1.165, 1.54) is 0 Å². The van der Waals surface area contributed by atoms with Gasteiger partial charge in [0.05, 0.1) is 10.0 Å². The highest BCUT2D eigenvalue weighted by Crippen LogP contribution is 2.43. The van der Waals surface area contributed by atoms with E-state index in [1.807, 2.05) is 13.0 Å². The first kappa shape index (κ1) is 13.4. The van der Waals surface area contributed by atoms with E-state index in [9.17, 15) is 9.18 Å². The van der Waals surface area contributed by atoms with Crippen LogP contribution in [-0.2, 0) is 16.8 Å². The number of isocyanates is 1. The fourth-order valence-corrected chi connectivity index (χ4v) is 3.19. The first-order valence-electron chi connectivity index (χ1n) is 6.20. The third kappa shape index (κ3) is 2.27. The van der Waals surface area contributed by atoms with E-state index in [4.69, 9.17) is 0 Å². The Balaban J connectivity index is 2.55. The van der Waals surface area contributed by atoms with E-state index in [2.05, 4.69) is 20.9 Å². The average Bonchev–Trinajstić information content (AvgIpc) is 2.82. The summed E-state index contributed by atoms with van der Waals surface area (Å²) >= 11 is 3.24. The molecule has 0 heterocycles. The SMILES string of the molecule is CCc1cc(C2(N=C=O)CCCC2)cc(Br)c1F. The van der Waals surface area contributed by atoms with Crippen molar-refractivity contribution in [1.29, 1.82) is 0 Å². The van der Waals surface area contributed by atoms with E-state index in [-0.39, 0.29) is 5.82 Å². The quantitative estimate of drug-likeness (QED) is 0.606. The summed E-state index contributed by atoms with van der Waals surface area (Å²) in [5.41, 5.74) is 1.10. The molecule has 0 saturated heterocycles. The second-order valence-electron chi connectivity index (χ2n) is 4.73. The molecule has 1 aliphatic carbocycles. The van der Waals surface area contributed by atoms with Gasteiger partial charge in [0.15, 0.2) is 0 Å². The van der Waals surface area contributed by atoms with Gasteiger partial charge in [0.1, 0.15) is 5.82 Å². The van der Waals surface area contributed by atoms with Gasteiger partial charge in [-0.25, -0.2) is 9.18 Å². The number of hydrogen-bond donors (Lipinski definition) is 0. The van der Waals surface area contributed by atoms with Crippen LogP contribution in [0.5, 0.6) is 0 Å². The third-order valence-corrected chi connectivity index (χ3v) is 4.29. The van der Waals surface area contributed by atoms with Crippen LogP contribution < -0.4 is 0 Å². The summed E-state index contributed by atoms with van der Waals surface area (Å²) in [6.45, 7) is 1.92. The number of benzene rings is 1. The first-order chi connectivity index (χ1) is 8.63. The molecule has 96 valence electrons. The maximum Gasteiger partial charge on any atom is 0.235 e. The Kier molecular flexibility index (Phi) is 3.98. The van der Waals surface area contributed by atoms with Gasteiger partial charge in [-0.05, 0) is 52.4 Å². The predicted molar refractivity (Wildman–Crippen MR) is 71.7 cm³/mol. The Morgan fingerprint density at radius 2 is 2.11 bits per heavy atom. The summed E-state index contributed by atoms with van der Waals surface area (Å²) < 4.78 is 14.3. The van der Waals surface area contributed by atoms with Crippen molar-refractivity contribution in [2.45, 2.75) is 44.6 Å². The Labute approximate surface area is 114 Å². The molecule has 1 aromatic carbocycles. The lowest BCUT2D eigenvalue weighted by atomic mass is 9.87. The van der Waals surface area contributed by atoms with Crippen LogP contribution in [0.2, 0.25) is 0 Å². The van der Waals surface area contributed by atoms with Crippen molar-refractivity contribution in [3.8, 4) is 0 Å². The van der Waals surface area contributed by atoms with E-state index < -0.39 is 5.54 Å². The standard InChI is InChI=1S/C14H15BrFNO/c1-2-10-7-11(8-12(15)13(10)16)14(17-9-18)5-3-4-6-14/h7-8H,2-6H2,1H3. The van der Waals surface area contributed by atoms with Crippen molar-refractivity contribution < 1.29 is 9.18 Å². The first-order valence-corrected chi connectivity index (χ1v) is 6.99. The fraction of sp³-hybridized carbons (Fsp3) is 0.500. The van der Waals surface area contributed by atoms with Gasteiger partial charge in [-0.2, -0.15) is 4.99 Å². The van der Waals surface area contributed by atoms with Gasteiger partial charge in [-0.3, -0.25) is 0 Å². The van der Waals surface area contributed by atoms with Gasteiger partial charge < -0.3 is 0 Å². The van der Waals surface area contributed by atoms with Crippen LogP contribution in [0, 0.1) is 5.82 Å². The minimum Gasteiger partial charge on any atom is -0.211 e. The zero-order valence-corrected chi connectivity index (χ0v) is 11.9. The van der Waals surface area contributed by atoms with E-state index >= 15 is 0 Å². The zero-order valence-electron chi connectivity index (χ0n) is 10.3. The minimum absolute atomic E-state index is 0.218. The topological polar surface area (TPSA) is 29.4 Å². The number of halogens is 2. The molecule has 18 heavy (non-hydrogen) atoms. The van der Waals surface area contributed by atoms with Gasteiger partial charge in [-0.15, -0.1) is 0 Å². The van der Waals surface area contributed by atoms with Crippen LogP contribution in [-0.4, -0.2) is 6.08 Å². The Hall–Kier alpha value is -0.990. The molecule has 0 bridgehead atoms. The highest BCUT2D eigenvalue weighted by molar-refractivity contribution is 9.10. The fourth-order valence-electron chi connectivity index (χ4n) is 2.68. The van der Waals surface area contributed by atoms with Gasteiger partial charge in [0, 0.05) is 0 Å². The normalized spacial score (nSPS) is 17.5. The number of nitrogens with zero attached hydrogens (tertiary/aromatic N) is 1. The number of aryl methyl sites for hydroxylation is 1. The molecule has 1 aliphatic rings. The second-order valence-corrected chi connectivity index (χ2v) is 5.58. The highest BCUT2D eigenvalue weighted by atomic mass is 79.9. The Bertz CT molecular complexity index is 503. The monoisotopic (exact) mass is 311 g/mol. The highest BCUT2D eigenvalue weighted by Gasteiger charge is 2.36. The molecule has 0 radical (unpaired) electrons. The lowest BCUT2D eigenvalue weighted by Crippen LogP contribution is -2.19. The summed E-state index contributed by atoms with van der Waals surface area (Å²) in [5, 5.41) is 0. The largest absolute Gasteiger partial charge is 0.235 e. The Morgan fingerprint density at radius 1 is 1.44 bits per heavy atom. The van der Waals surface area contributed by atoms with Crippen LogP contribution in [0.15, 0.2) is 21.6 Å². The van der Waals surface area contributed by atoms with E-state index in [0.29, 0.717) is 16.5 Å². The molecule has 1 aromatic rings. The van der Waals surface area contributed by atoms with Crippen molar-refractivity contribution in [2.24, 2.45) is 4.99 Å². The molecule has 1 fully saturated rings. The molecular weight excluding hydrogens is 297 g/mol. The molecule has 0 spiro atoms. The molecule has 0 aromatic heterocycles. The number of rotatable bonds is 3. The van der Waals surface area contributed by atoms with Gasteiger partial charge in [0.2, 0.25) is 6.08 Å². The molecule has 2 rings (SSSR count). The molecule has 0 unspecified atom stereocenters. The minimum atomic E-state index is -0.484. The third-order valence-electron chi connectivity index (χ3n) is 3.71. The zero-order chi connectivity index (χ0) is 13.2. The summed E-state index contributed by atoms with van der Waals surface area (Å²) in [7, 11) is 0. The molecular formula is C14H15BrFNO. The maximum absolute atomic E-state index is 13.8. The lowest BCUT2D eigenvalue weighted by Gasteiger charge is -2.24. The molecule has 2 nitrogen and oxygen atoms in total.